The van der Waals surface area contributed by atoms with Gasteiger partial charge in [-0.25, -0.2) is 9.59 Å². The molecule has 2 aromatic rings. The number of hydrogen-bond acceptors (Lipinski definition) is 5. The van der Waals surface area contributed by atoms with E-state index in [1.165, 1.54) is 0 Å². The Bertz CT molecular complexity index is 675. The maximum atomic E-state index is 11.8. The van der Waals surface area contributed by atoms with Gasteiger partial charge in [0.1, 0.15) is 0 Å². The molecule has 0 spiro atoms. The molecule has 0 aliphatic rings. The number of carbonyl (C=O) groups is 2. The smallest absolute Gasteiger partial charge is 0.350 e. The van der Waals surface area contributed by atoms with Crippen molar-refractivity contribution in [2.75, 3.05) is 6.26 Å². The molecule has 0 aromatic heterocycles. The van der Waals surface area contributed by atoms with E-state index in [1.54, 1.807) is 30.5 Å². The molecule has 0 atom stereocenters. The molecule has 0 radical (unpaired) electrons. The van der Waals surface area contributed by atoms with Gasteiger partial charge < -0.3 is 8.92 Å². The third kappa shape index (κ3) is 4.60. The van der Waals surface area contributed by atoms with Gasteiger partial charge in [-0.05, 0) is 49.2 Å². The average Bonchev–Trinajstić information content (AvgIpc) is 2.55. The third-order valence-electron chi connectivity index (χ3n) is 3.08. The fourth-order valence-electron chi connectivity index (χ4n) is 2.00. The summed E-state index contributed by atoms with van der Waals surface area (Å²) in [5.41, 5.74) is 2.92. The van der Waals surface area contributed by atoms with Crippen molar-refractivity contribution < 1.29 is 18.5 Å². The van der Waals surface area contributed by atoms with Gasteiger partial charge in [0.05, 0.1) is 29.3 Å². The molecular weight excluding hydrogens is 312 g/mol. The number of ether oxygens (including phenoxy) is 1. The van der Waals surface area contributed by atoms with Crippen LogP contribution >= 0.6 is 12.0 Å². The molecule has 0 saturated carbocycles. The summed E-state index contributed by atoms with van der Waals surface area (Å²) in [7, 11) is 0. The van der Waals surface area contributed by atoms with Crippen LogP contribution in [0.4, 0.5) is 0 Å². The van der Waals surface area contributed by atoms with Crippen LogP contribution < -0.4 is 0 Å². The van der Waals surface area contributed by atoms with Gasteiger partial charge in [0, 0.05) is 6.26 Å². The highest BCUT2D eigenvalue weighted by atomic mass is 32.2. The molecule has 0 unspecified atom stereocenters. The lowest BCUT2D eigenvalue weighted by Gasteiger charge is -2.08. The molecular formula is C18H18O4S. The molecule has 2 rings (SSSR count). The minimum absolute atomic E-state index is 0.143. The lowest BCUT2D eigenvalue weighted by molar-refractivity contribution is 0.0377. The van der Waals surface area contributed by atoms with E-state index in [2.05, 4.69) is 0 Å². The van der Waals surface area contributed by atoms with Gasteiger partial charge in [0.25, 0.3) is 0 Å². The zero-order valence-corrected chi connectivity index (χ0v) is 14.1. The molecule has 0 aliphatic heterocycles. The Morgan fingerprint density at radius 1 is 0.826 bits per heavy atom. The van der Waals surface area contributed by atoms with Gasteiger partial charge in [-0.2, -0.15) is 0 Å². The van der Waals surface area contributed by atoms with Gasteiger partial charge in [0.2, 0.25) is 0 Å². The van der Waals surface area contributed by atoms with Crippen LogP contribution in [0.5, 0.6) is 0 Å². The van der Waals surface area contributed by atoms with Crippen molar-refractivity contribution in [3.63, 3.8) is 0 Å². The van der Waals surface area contributed by atoms with Crippen LogP contribution in [0.25, 0.3) is 11.1 Å². The third-order valence-corrected chi connectivity index (χ3v) is 3.39. The normalized spacial score (nSPS) is 10.4. The van der Waals surface area contributed by atoms with Crippen molar-refractivity contribution in [2.24, 2.45) is 0 Å². The Balaban J connectivity index is 2.13. The second kappa shape index (κ2) is 7.83. The minimum Gasteiger partial charge on any atom is -0.459 e. The second-order valence-corrected chi connectivity index (χ2v) is 5.65. The van der Waals surface area contributed by atoms with Crippen molar-refractivity contribution in [3.05, 3.63) is 59.7 Å². The Kier molecular flexibility index (Phi) is 5.82. The van der Waals surface area contributed by atoms with Crippen LogP contribution in [0, 0.1) is 0 Å². The van der Waals surface area contributed by atoms with E-state index in [0.29, 0.717) is 11.1 Å². The van der Waals surface area contributed by atoms with Crippen LogP contribution in [0.2, 0.25) is 0 Å². The lowest BCUT2D eigenvalue weighted by atomic mass is 10.0. The largest absolute Gasteiger partial charge is 0.459 e. The first-order valence-electron chi connectivity index (χ1n) is 7.17. The maximum Gasteiger partial charge on any atom is 0.350 e. The zero-order chi connectivity index (χ0) is 16.8. The van der Waals surface area contributed by atoms with Crippen molar-refractivity contribution in [1.82, 2.24) is 0 Å². The number of rotatable bonds is 5. The summed E-state index contributed by atoms with van der Waals surface area (Å²) in [4.78, 5) is 23.4. The second-order valence-electron chi connectivity index (χ2n) is 5.15. The van der Waals surface area contributed by atoms with Gasteiger partial charge in [-0.15, -0.1) is 0 Å². The van der Waals surface area contributed by atoms with Gasteiger partial charge in [-0.3, -0.25) is 0 Å². The quantitative estimate of drug-likeness (QED) is 0.602. The molecule has 0 fully saturated rings. The molecule has 0 aliphatic carbocycles. The number of esters is 1. The Labute approximate surface area is 140 Å². The summed E-state index contributed by atoms with van der Waals surface area (Å²) < 4.78 is 10.0. The van der Waals surface area contributed by atoms with Crippen LogP contribution in [-0.4, -0.2) is 24.3 Å². The van der Waals surface area contributed by atoms with E-state index in [1.807, 2.05) is 38.1 Å². The molecule has 5 heteroatoms. The van der Waals surface area contributed by atoms with E-state index in [4.69, 9.17) is 8.92 Å². The Morgan fingerprint density at radius 3 is 1.65 bits per heavy atom. The van der Waals surface area contributed by atoms with Crippen LogP contribution in [-0.2, 0) is 8.92 Å². The first kappa shape index (κ1) is 17.1. The monoisotopic (exact) mass is 330 g/mol. The Hall–Kier alpha value is -2.27. The SMILES string of the molecule is CSOC(=O)c1ccc(-c2ccc(C(=O)OC(C)C)cc2)cc1. The maximum absolute atomic E-state index is 11.8. The minimum atomic E-state index is -0.365. The fourth-order valence-corrected chi connectivity index (χ4v) is 2.25. The highest BCUT2D eigenvalue weighted by Gasteiger charge is 2.10. The van der Waals surface area contributed by atoms with Crippen LogP contribution in [0.3, 0.4) is 0 Å². The standard InChI is InChI=1S/C18H18O4S/c1-12(2)21-17(19)15-8-4-13(5-9-15)14-6-10-16(11-7-14)18(20)22-23-3/h4-12H,1-3H3. The molecule has 23 heavy (non-hydrogen) atoms. The molecule has 0 heterocycles. The van der Waals surface area contributed by atoms with Crippen molar-refractivity contribution in [1.29, 1.82) is 0 Å². The molecule has 0 bridgehead atoms. The van der Waals surface area contributed by atoms with Gasteiger partial charge >= 0.3 is 11.9 Å². The molecule has 2 aromatic carbocycles. The van der Waals surface area contributed by atoms with Crippen molar-refractivity contribution in [3.8, 4) is 11.1 Å². The van der Waals surface area contributed by atoms with Gasteiger partial charge in [-0.1, -0.05) is 24.3 Å². The number of hydrogen-bond donors (Lipinski definition) is 0. The predicted molar refractivity (Wildman–Crippen MR) is 91.4 cm³/mol. The van der Waals surface area contributed by atoms with Crippen molar-refractivity contribution in [2.45, 2.75) is 20.0 Å². The summed E-state index contributed by atoms with van der Waals surface area (Å²) in [5, 5.41) is 0. The molecule has 4 nitrogen and oxygen atoms in total. The first-order chi connectivity index (χ1) is 11.0. The average molecular weight is 330 g/mol. The van der Waals surface area contributed by atoms with E-state index in [-0.39, 0.29) is 18.0 Å². The number of carbonyl (C=O) groups excluding carboxylic acids is 2. The summed E-state index contributed by atoms with van der Waals surface area (Å²) in [6.07, 6.45) is 1.55. The highest BCUT2D eigenvalue weighted by molar-refractivity contribution is 7.94. The summed E-state index contributed by atoms with van der Waals surface area (Å²) in [6.45, 7) is 3.63. The van der Waals surface area contributed by atoms with E-state index in [0.717, 1.165) is 23.2 Å². The van der Waals surface area contributed by atoms with E-state index >= 15 is 0 Å². The van der Waals surface area contributed by atoms with Crippen LogP contribution in [0.15, 0.2) is 48.5 Å². The first-order valence-corrected chi connectivity index (χ1v) is 8.32. The van der Waals surface area contributed by atoms with E-state index in [9.17, 15) is 9.59 Å². The molecule has 0 amide bonds. The van der Waals surface area contributed by atoms with Crippen molar-refractivity contribution >= 4 is 24.0 Å². The fraction of sp³-hybridized carbons (Fsp3) is 0.222. The molecule has 0 N–H and O–H groups in total. The number of benzene rings is 2. The summed E-state index contributed by atoms with van der Waals surface area (Å²) in [5.74, 6) is -0.697. The van der Waals surface area contributed by atoms with Gasteiger partial charge in [0.15, 0.2) is 0 Å². The Morgan fingerprint density at radius 2 is 1.26 bits per heavy atom. The lowest BCUT2D eigenvalue weighted by Crippen LogP contribution is -2.11. The predicted octanol–water partition coefficient (Wildman–Crippen LogP) is 4.35. The van der Waals surface area contributed by atoms with Crippen LogP contribution in [0.1, 0.15) is 34.6 Å². The zero-order valence-electron chi connectivity index (χ0n) is 13.2. The summed E-state index contributed by atoms with van der Waals surface area (Å²) >= 11 is 1.02. The van der Waals surface area contributed by atoms with E-state index < -0.39 is 0 Å². The highest BCUT2D eigenvalue weighted by Crippen LogP contribution is 2.21. The molecule has 0 saturated heterocycles. The topological polar surface area (TPSA) is 52.6 Å². The molecule has 120 valence electrons. The summed E-state index contributed by atoms with van der Waals surface area (Å²) in [6, 6.07) is 14.3.